The number of aryl methyl sites for hydroxylation is 1. The average Bonchev–Trinajstić information content (AvgIpc) is 2.75. The van der Waals surface area contributed by atoms with E-state index in [0.717, 1.165) is 0 Å². The first-order valence-electron chi connectivity index (χ1n) is 9.30. The maximum absolute atomic E-state index is 14.5. The summed E-state index contributed by atoms with van der Waals surface area (Å²) in [6.07, 6.45) is 2.14. The van der Waals surface area contributed by atoms with E-state index in [4.69, 9.17) is 9.47 Å². The van der Waals surface area contributed by atoms with Crippen molar-refractivity contribution in [2.24, 2.45) is 0 Å². The topological polar surface area (TPSA) is 18.5 Å². The van der Waals surface area contributed by atoms with Crippen molar-refractivity contribution in [2.75, 3.05) is 6.61 Å². The maximum atomic E-state index is 14.5. The van der Waals surface area contributed by atoms with Gasteiger partial charge in [0.15, 0.2) is 23.1 Å². The van der Waals surface area contributed by atoms with Gasteiger partial charge in [-0.15, -0.1) is 6.58 Å². The molecule has 0 N–H and O–H groups in total. The van der Waals surface area contributed by atoms with Crippen molar-refractivity contribution in [1.29, 1.82) is 0 Å². The summed E-state index contributed by atoms with van der Waals surface area (Å²) in [5.74, 6) is -4.40. The third-order valence-corrected chi connectivity index (χ3v) is 4.53. The molecule has 0 aliphatic heterocycles. The molecule has 0 bridgehead atoms. The zero-order valence-electron chi connectivity index (χ0n) is 16.4. The lowest BCUT2D eigenvalue weighted by Crippen LogP contribution is -2.01. The van der Waals surface area contributed by atoms with Crippen LogP contribution >= 0.6 is 0 Å². The number of benzene rings is 3. The maximum Gasteiger partial charge on any atom is 0.201 e. The van der Waals surface area contributed by atoms with Crippen LogP contribution in [0.5, 0.6) is 11.5 Å². The minimum atomic E-state index is -1.05. The average molecular weight is 416 g/mol. The monoisotopic (exact) mass is 416 g/mol. The van der Waals surface area contributed by atoms with Crippen LogP contribution in [0.15, 0.2) is 61.2 Å². The van der Waals surface area contributed by atoms with E-state index in [1.165, 1.54) is 31.2 Å². The van der Waals surface area contributed by atoms with Gasteiger partial charge in [-0.3, -0.25) is 0 Å². The molecule has 0 aliphatic rings. The molecule has 0 heterocycles. The van der Waals surface area contributed by atoms with E-state index in [1.807, 2.05) is 0 Å². The first kappa shape index (κ1) is 21.4. The molecule has 0 fully saturated rings. The molecule has 0 saturated heterocycles. The molecular formula is C24H20F4O2. The van der Waals surface area contributed by atoms with Crippen LogP contribution in [0.1, 0.15) is 17.5 Å². The number of rotatable bonds is 8. The summed E-state index contributed by atoms with van der Waals surface area (Å²) < 4.78 is 66.7. The molecule has 0 spiro atoms. The van der Waals surface area contributed by atoms with Crippen molar-refractivity contribution in [3.05, 3.63) is 95.6 Å². The van der Waals surface area contributed by atoms with E-state index < -0.39 is 23.3 Å². The Morgan fingerprint density at radius 2 is 1.40 bits per heavy atom. The summed E-state index contributed by atoms with van der Waals surface area (Å²) >= 11 is 0. The molecule has 2 nitrogen and oxygen atoms in total. The highest BCUT2D eigenvalue weighted by molar-refractivity contribution is 5.65. The van der Waals surface area contributed by atoms with E-state index in [-0.39, 0.29) is 35.8 Å². The van der Waals surface area contributed by atoms with Gasteiger partial charge < -0.3 is 9.47 Å². The molecule has 0 unspecified atom stereocenters. The molecule has 0 aliphatic carbocycles. The Balaban J connectivity index is 1.72. The van der Waals surface area contributed by atoms with Crippen molar-refractivity contribution in [3.63, 3.8) is 0 Å². The van der Waals surface area contributed by atoms with Crippen LogP contribution in [-0.2, 0) is 6.61 Å². The number of halogens is 4. The summed E-state index contributed by atoms with van der Waals surface area (Å²) in [6.45, 7) is 5.20. The molecule has 0 aromatic heterocycles. The van der Waals surface area contributed by atoms with Gasteiger partial charge in [-0.05, 0) is 48.2 Å². The Bertz CT molecular complexity index is 1050. The summed E-state index contributed by atoms with van der Waals surface area (Å²) in [4.78, 5) is 0. The van der Waals surface area contributed by atoms with E-state index in [0.29, 0.717) is 17.5 Å². The van der Waals surface area contributed by atoms with Crippen LogP contribution in [0.25, 0.3) is 11.1 Å². The normalized spacial score (nSPS) is 10.7. The second-order valence-corrected chi connectivity index (χ2v) is 6.66. The molecule has 0 radical (unpaired) electrons. The highest BCUT2D eigenvalue weighted by Gasteiger charge is 2.16. The quantitative estimate of drug-likeness (QED) is 0.230. The fraction of sp³-hybridized carbons (Fsp3) is 0.167. The fourth-order valence-electron chi connectivity index (χ4n) is 2.80. The third kappa shape index (κ3) is 4.64. The zero-order valence-corrected chi connectivity index (χ0v) is 16.4. The predicted molar refractivity (Wildman–Crippen MR) is 108 cm³/mol. The van der Waals surface area contributed by atoms with Gasteiger partial charge in [0.2, 0.25) is 11.6 Å². The Labute approximate surface area is 172 Å². The Hall–Kier alpha value is -3.28. The molecule has 6 heteroatoms. The van der Waals surface area contributed by atoms with E-state index in [1.54, 1.807) is 30.3 Å². The standard InChI is InChI=1S/C24H20F4O2/c1-3-4-13-29-19-12-10-18(22(26)24(19)28)17-8-6-16(7-9-17)14-30-20-11-5-15(2)21(25)23(20)27/h3,5-12H,1,4,13-14H2,2H3. The highest BCUT2D eigenvalue weighted by atomic mass is 19.2. The Morgan fingerprint density at radius 3 is 2.10 bits per heavy atom. The SMILES string of the molecule is C=CCCOc1ccc(-c2ccc(COc3ccc(C)c(F)c3F)cc2)c(F)c1F. The van der Waals surface area contributed by atoms with Crippen LogP contribution in [-0.4, -0.2) is 6.61 Å². The molecular weight excluding hydrogens is 396 g/mol. The van der Waals surface area contributed by atoms with Crippen LogP contribution in [0.4, 0.5) is 17.6 Å². The van der Waals surface area contributed by atoms with Gasteiger partial charge in [-0.1, -0.05) is 36.4 Å². The van der Waals surface area contributed by atoms with Crippen LogP contribution in [0.2, 0.25) is 0 Å². The Morgan fingerprint density at radius 1 is 0.767 bits per heavy atom. The van der Waals surface area contributed by atoms with Gasteiger partial charge in [0, 0.05) is 5.56 Å². The molecule has 30 heavy (non-hydrogen) atoms. The first-order chi connectivity index (χ1) is 14.4. The zero-order chi connectivity index (χ0) is 21.7. The first-order valence-corrected chi connectivity index (χ1v) is 9.30. The minimum Gasteiger partial charge on any atom is -0.490 e. The number of ether oxygens (including phenoxy) is 2. The molecule has 0 amide bonds. The van der Waals surface area contributed by atoms with Gasteiger partial charge in [0.05, 0.1) is 6.61 Å². The second kappa shape index (κ2) is 9.48. The van der Waals surface area contributed by atoms with Crippen molar-refractivity contribution < 1.29 is 27.0 Å². The predicted octanol–water partition coefficient (Wildman–Crippen LogP) is 6.75. The van der Waals surface area contributed by atoms with Crippen LogP contribution < -0.4 is 9.47 Å². The van der Waals surface area contributed by atoms with Gasteiger partial charge >= 0.3 is 0 Å². The van der Waals surface area contributed by atoms with Crippen LogP contribution in [0.3, 0.4) is 0 Å². The summed E-state index contributed by atoms with van der Waals surface area (Å²) in [5, 5.41) is 0. The van der Waals surface area contributed by atoms with Crippen molar-refractivity contribution >= 4 is 0 Å². The summed E-state index contributed by atoms with van der Waals surface area (Å²) in [6, 6.07) is 12.1. The third-order valence-electron chi connectivity index (χ3n) is 4.53. The summed E-state index contributed by atoms with van der Waals surface area (Å²) in [5.41, 5.74) is 1.39. The molecule has 0 saturated carbocycles. The minimum absolute atomic E-state index is 0.00732. The van der Waals surface area contributed by atoms with Crippen LogP contribution in [0, 0.1) is 30.2 Å². The van der Waals surface area contributed by atoms with Crippen molar-refractivity contribution in [2.45, 2.75) is 20.0 Å². The smallest absolute Gasteiger partial charge is 0.201 e. The van der Waals surface area contributed by atoms with Gasteiger partial charge in [-0.2, -0.15) is 8.78 Å². The van der Waals surface area contributed by atoms with Gasteiger partial charge in [-0.25, -0.2) is 8.78 Å². The molecule has 3 aromatic carbocycles. The lowest BCUT2D eigenvalue weighted by atomic mass is 10.0. The van der Waals surface area contributed by atoms with Crippen molar-refractivity contribution in [1.82, 2.24) is 0 Å². The van der Waals surface area contributed by atoms with Gasteiger partial charge in [0.25, 0.3) is 0 Å². The van der Waals surface area contributed by atoms with Gasteiger partial charge in [0.1, 0.15) is 6.61 Å². The van der Waals surface area contributed by atoms with E-state index >= 15 is 0 Å². The van der Waals surface area contributed by atoms with E-state index in [9.17, 15) is 17.6 Å². The molecule has 3 aromatic rings. The largest absolute Gasteiger partial charge is 0.490 e. The van der Waals surface area contributed by atoms with Crippen molar-refractivity contribution in [3.8, 4) is 22.6 Å². The fourth-order valence-corrected chi connectivity index (χ4v) is 2.80. The molecule has 156 valence electrons. The number of hydrogen-bond acceptors (Lipinski definition) is 2. The molecule has 3 rings (SSSR count). The lowest BCUT2D eigenvalue weighted by Gasteiger charge is -2.11. The molecule has 0 atom stereocenters. The summed E-state index contributed by atoms with van der Waals surface area (Å²) in [7, 11) is 0. The second-order valence-electron chi connectivity index (χ2n) is 6.66. The Kier molecular flexibility index (Phi) is 6.77. The lowest BCUT2D eigenvalue weighted by molar-refractivity contribution is 0.284. The highest BCUT2D eigenvalue weighted by Crippen LogP contribution is 2.30. The van der Waals surface area contributed by atoms with E-state index in [2.05, 4.69) is 6.58 Å². The number of hydrogen-bond donors (Lipinski definition) is 0.